The number of hydrogen-bond acceptors (Lipinski definition) is 8. The summed E-state index contributed by atoms with van der Waals surface area (Å²) in [7, 11) is 1.33. The molecule has 38 heavy (non-hydrogen) atoms. The Morgan fingerprint density at radius 2 is 2.00 bits per heavy atom. The van der Waals surface area contributed by atoms with E-state index in [1.165, 1.54) is 24.3 Å². The van der Waals surface area contributed by atoms with E-state index in [-0.39, 0.29) is 46.4 Å². The average molecular weight is 543 g/mol. The number of nitrogens with one attached hydrogen (secondary N) is 1. The molecular weight excluding hydrogens is 521 g/mol. The van der Waals surface area contributed by atoms with Gasteiger partial charge in [-0.1, -0.05) is 17.3 Å². The fraction of sp³-hybridized carbons (Fsp3) is 0.360. The van der Waals surface area contributed by atoms with E-state index in [1.54, 1.807) is 0 Å². The summed E-state index contributed by atoms with van der Waals surface area (Å²) in [5.41, 5.74) is -0.284. The summed E-state index contributed by atoms with van der Waals surface area (Å²) in [6, 6.07) is 2.48. The third-order valence-electron chi connectivity index (χ3n) is 6.01. The molecule has 3 aromatic heterocycles. The number of carbonyl (C=O) groups excluding carboxylic acids is 2. The molecule has 0 bridgehead atoms. The Kier molecular flexibility index (Phi) is 7.24. The summed E-state index contributed by atoms with van der Waals surface area (Å²) < 4.78 is 46.5. The Balaban J connectivity index is 1.54. The van der Waals surface area contributed by atoms with Crippen LogP contribution in [0.1, 0.15) is 53.2 Å². The lowest BCUT2D eigenvalue weighted by Gasteiger charge is -2.28. The highest BCUT2D eigenvalue weighted by molar-refractivity contribution is 7.15. The molecule has 1 saturated carbocycles. The smallest absolute Gasteiger partial charge is 0.280 e. The van der Waals surface area contributed by atoms with Gasteiger partial charge in [-0.2, -0.15) is 0 Å². The molecule has 5 rings (SSSR count). The van der Waals surface area contributed by atoms with Crippen LogP contribution in [0, 0.1) is 17.8 Å². The monoisotopic (exact) mass is 542 g/mol. The molecule has 13 heteroatoms. The summed E-state index contributed by atoms with van der Waals surface area (Å²) in [5.74, 6) is 5.16. The number of amides is 2. The second-order valence-corrected chi connectivity index (χ2v) is 9.69. The van der Waals surface area contributed by atoms with E-state index < -0.39 is 30.1 Å². The highest BCUT2D eigenvalue weighted by Gasteiger charge is 2.31. The van der Waals surface area contributed by atoms with Gasteiger partial charge in [-0.05, 0) is 43.7 Å². The number of nitrogens with zero attached hydrogens (tertiary/aromatic N) is 5. The molecule has 2 aliphatic rings. The van der Waals surface area contributed by atoms with E-state index in [2.05, 4.69) is 37.3 Å². The minimum Gasteiger partial charge on any atom is -0.494 e. The number of carbonyl (C=O) groups is 2. The van der Waals surface area contributed by atoms with E-state index in [0.717, 1.165) is 36.4 Å². The molecular formula is C25H21F3N6O3S. The van der Waals surface area contributed by atoms with Crippen molar-refractivity contribution < 1.29 is 27.5 Å². The summed E-state index contributed by atoms with van der Waals surface area (Å²) in [4.78, 5) is 34.9. The van der Waals surface area contributed by atoms with E-state index in [0.29, 0.717) is 17.3 Å². The van der Waals surface area contributed by atoms with Crippen molar-refractivity contribution in [2.75, 3.05) is 23.9 Å². The quantitative estimate of drug-likeness (QED) is 0.459. The van der Waals surface area contributed by atoms with Crippen LogP contribution >= 0.6 is 11.3 Å². The van der Waals surface area contributed by atoms with E-state index >= 15 is 0 Å². The third kappa shape index (κ3) is 5.45. The minimum absolute atomic E-state index is 0.0134. The van der Waals surface area contributed by atoms with Crippen LogP contribution in [0.4, 0.5) is 24.1 Å². The topological polar surface area (TPSA) is 110 Å². The first kappa shape index (κ1) is 25.6. The highest BCUT2D eigenvalue weighted by Crippen LogP contribution is 2.37. The Morgan fingerprint density at radius 3 is 2.74 bits per heavy atom. The number of methoxy groups -OCH3 is 1. The number of piperidine rings is 1. The van der Waals surface area contributed by atoms with Gasteiger partial charge in [-0.25, -0.2) is 18.2 Å². The molecule has 0 spiro atoms. The Labute approximate surface area is 219 Å². The molecule has 1 N–H and O–H groups in total. The summed E-state index contributed by atoms with van der Waals surface area (Å²) in [6.07, 6.45) is 0.405. The summed E-state index contributed by atoms with van der Waals surface area (Å²) in [6.45, 7) is 0.225. The first-order valence-corrected chi connectivity index (χ1v) is 12.6. The average Bonchev–Trinajstić information content (AvgIpc) is 3.65. The number of hydrogen-bond donors (Lipinski definition) is 1. The van der Waals surface area contributed by atoms with Gasteiger partial charge in [0.25, 0.3) is 18.2 Å². The molecule has 1 aliphatic carbocycles. The van der Waals surface area contributed by atoms with Gasteiger partial charge in [0.15, 0.2) is 11.2 Å². The molecule has 2 amide bonds. The second kappa shape index (κ2) is 10.7. The molecule has 9 nitrogen and oxygen atoms in total. The van der Waals surface area contributed by atoms with Gasteiger partial charge in [0, 0.05) is 29.8 Å². The standard InChI is InChI=1S/C25H21F3N6O3S/c1-37-19-12-29-18(22(27)28)9-15(19)14-10-20(34-8-2-3-17(26)24(34)36)30-11-16(14)23(35)31-25-33-32-21(38-25)7-6-13-4-5-13/h9-13,17,22H,2-5,8H2,1H3,(H,31,33,35). The molecule has 1 unspecified atom stereocenters. The minimum atomic E-state index is -2.88. The molecule has 3 aromatic rings. The van der Waals surface area contributed by atoms with Crippen molar-refractivity contribution in [3.05, 3.63) is 40.8 Å². The van der Waals surface area contributed by atoms with Crippen LogP contribution in [-0.2, 0) is 4.79 Å². The van der Waals surface area contributed by atoms with Crippen molar-refractivity contribution in [3.8, 4) is 28.7 Å². The van der Waals surface area contributed by atoms with Crippen LogP contribution in [0.15, 0.2) is 24.5 Å². The number of ether oxygens (including phenoxy) is 1. The fourth-order valence-corrected chi connectivity index (χ4v) is 4.49. The number of halogens is 3. The van der Waals surface area contributed by atoms with Crippen LogP contribution in [0.5, 0.6) is 5.75 Å². The van der Waals surface area contributed by atoms with Crippen molar-refractivity contribution >= 4 is 34.1 Å². The Hall–Kier alpha value is -4.05. The lowest BCUT2D eigenvalue weighted by Crippen LogP contribution is -2.43. The largest absolute Gasteiger partial charge is 0.494 e. The number of rotatable bonds is 6. The van der Waals surface area contributed by atoms with Gasteiger partial charge < -0.3 is 4.74 Å². The van der Waals surface area contributed by atoms with Crippen LogP contribution in [-0.4, -0.2) is 51.8 Å². The first-order chi connectivity index (χ1) is 18.3. The zero-order valence-electron chi connectivity index (χ0n) is 20.1. The predicted molar refractivity (Wildman–Crippen MR) is 133 cm³/mol. The maximum absolute atomic E-state index is 14.1. The Morgan fingerprint density at radius 1 is 1.18 bits per heavy atom. The normalized spacial score (nSPS) is 17.2. The maximum atomic E-state index is 14.1. The van der Waals surface area contributed by atoms with Gasteiger partial charge in [0.1, 0.15) is 17.3 Å². The second-order valence-electron chi connectivity index (χ2n) is 8.71. The molecule has 1 saturated heterocycles. The van der Waals surface area contributed by atoms with E-state index in [1.807, 2.05) is 0 Å². The number of aromatic nitrogens is 4. The predicted octanol–water partition coefficient (Wildman–Crippen LogP) is 4.42. The fourth-order valence-electron chi connectivity index (χ4n) is 3.89. The van der Waals surface area contributed by atoms with Crippen LogP contribution < -0.4 is 15.0 Å². The van der Waals surface area contributed by atoms with Crippen molar-refractivity contribution in [1.29, 1.82) is 0 Å². The SMILES string of the molecule is COc1cnc(C(F)F)cc1-c1cc(N2CCCC(F)C2=O)ncc1C(=O)Nc1nnc(C#CC2CC2)s1. The van der Waals surface area contributed by atoms with E-state index in [9.17, 15) is 22.8 Å². The number of anilines is 2. The summed E-state index contributed by atoms with van der Waals surface area (Å²) >= 11 is 1.09. The lowest BCUT2D eigenvalue weighted by molar-refractivity contribution is -0.124. The van der Waals surface area contributed by atoms with Gasteiger partial charge in [-0.15, -0.1) is 10.2 Å². The molecule has 0 aromatic carbocycles. The third-order valence-corrected chi connectivity index (χ3v) is 6.77. The van der Waals surface area contributed by atoms with Crippen molar-refractivity contribution in [2.24, 2.45) is 5.92 Å². The molecule has 2 fully saturated rings. The van der Waals surface area contributed by atoms with Crippen molar-refractivity contribution in [1.82, 2.24) is 20.2 Å². The van der Waals surface area contributed by atoms with Crippen molar-refractivity contribution in [3.63, 3.8) is 0 Å². The first-order valence-electron chi connectivity index (χ1n) is 11.8. The molecule has 1 atom stereocenters. The lowest BCUT2D eigenvalue weighted by atomic mass is 9.99. The molecule has 0 radical (unpaired) electrons. The van der Waals surface area contributed by atoms with Gasteiger partial charge in [0.05, 0.1) is 18.9 Å². The van der Waals surface area contributed by atoms with E-state index in [4.69, 9.17) is 4.74 Å². The number of alkyl halides is 3. The number of pyridine rings is 2. The van der Waals surface area contributed by atoms with Crippen LogP contribution in [0.2, 0.25) is 0 Å². The molecule has 4 heterocycles. The van der Waals surface area contributed by atoms with Crippen molar-refractivity contribution in [2.45, 2.75) is 38.3 Å². The van der Waals surface area contributed by atoms with Gasteiger partial charge in [0.2, 0.25) is 5.13 Å². The zero-order valence-corrected chi connectivity index (χ0v) is 20.9. The zero-order chi connectivity index (χ0) is 26.8. The van der Waals surface area contributed by atoms with Gasteiger partial charge in [-0.3, -0.25) is 24.8 Å². The van der Waals surface area contributed by atoms with Crippen LogP contribution in [0.3, 0.4) is 0 Å². The maximum Gasteiger partial charge on any atom is 0.280 e. The molecule has 1 aliphatic heterocycles. The Bertz CT molecular complexity index is 1450. The summed E-state index contributed by atoms with van der Waals surface area (Å²) in [5, 5.41) is 11.2. The van der Waals surface area contributed by atoms with Crippen LogP contribution in [0.25, 0.3) is 11.1 Å². The van der Waals surface area contributed by atoms with Gasteiger partial charge >= 0.3 is 0 Å². The molecule has 196 valence electrons. The highest BCUT2D eigenvalue weighted by atomic mass is 32.1.